The lowest BCUT2D eigenvalue weighted by Gasteiger charge is -2.28. The maximum atomic E-state index is 2.49. The van der Waals surface area contributed by atoms with Crippen molar-refractivity contribution in [3.8, 4) is 0 Å². The molecule has 0 saturated carbocycles. The topological polar surface area (TPSA) is 3.24 Å². The Morgan fingerprint density at radius 2 is 0.952 bits per heavy atom. The molecule has 21 heavy (non-hydrogen) atoms. The number of piperidine rings is 1. The molecule has 0 N–H and O–H groups in total. The standard InChI is InChI=1S/C12H17N.C8H10/c1-11-5-7-12(8-6-11)13-9-3-2-4-10-13;1-7-3-5-8(2)6-4-7/h5-8H,2-4,9-10H2,1H3;3-6H,1-2H3. The maximum Gasteiger partial charge on any atom is 0.0366 e. The smallest absolute Gasteiger partial charge is 0.0366 e. The summed E-state index contributed by atoms with van der Waals surface area (Å²) in [6.45, 7) is 8.81. The van der Waals surface area contributed by atoms with Gasteiger partial charge in [0.1, 0.15) is 0 Å². The minimum atomic E-state index is 1.24. The molecule has 3 rings (SSSR count). The minimum Gasteiger partial charge on any atom is -0.372 e. The third-order valence-electron chi connectivity index (χ3n) is 3.97. The number of nitrogens with zero attached hydrogens (tertiary/aromatic N) is 1. The van der Waals surface area contributed by atoms with Crippen molar-refractivity contribution in [2.75, 3.05) is 18.0 Å². The second-order valence-electron chi connectivity index (χ2n) is 6.04. The van der Waals surface area contributed by atoms with Gasteiger partial charge in [0.25, 0.3) is 0 Å². The van der Waals surface area contributed by atoms with E-state index in [1.54, 1.807) is 0 Å². The first-order valence-electron chi connectivity index (χ1n) is 8.00. The van der Waals surface area contributed by atoms with E-state index in [1.807, 2.05) is 0 Å². The van der Waals surface area contributed by atoms with Gasteiger partial charge in [0.2, 0.25) is 0 Å². The molecule has 1 aliphatic rings. The highest BCUT2D eigenvalue weighted by Gasteiger charge is 2.09. The second kappa shape index (κ2) is 7.87. The van der Waals surface area contributed by atoms with Gasteiger partial charge in [-0.15, -0.1) is 0 Å². The van der Waals surface area contributed by atoms with Crippen LogP contribution in [0.1, 0.15) is 36.0 Å². The lowest BCUT2D eigenvalue weighted by molar-refractivity contribution is 0.578. The molecule has 1 heteroatoms. The first-order valence-corrected chi connectivity index (χ1v) is 8.00. The Morgan fingerprint density at radius 1 is 0.571 bits per heavy atom. The van der Waals surface area contributed by atoms with E-state index in [-0.39, 0.29) is 0 Å². The molecule has 1 nitrogen and oxygen atoms in total. The Balaban J connectivity index is 0.000000173. The quantitative estimate of drug-likeness (QED) is 0.686. The fourth-order valence-electron chi connectivity index (χ4n) is 2.54. The summed E-state index contributed by atoms with van der Waals surface area (Å²) in [5.41, 5.74) is 5.40. The van der Waals surface area contributed by atoms with Crippen LogP contribution in [0.25, 0.3) is 0 Å². The summed E-state index contributed by atoms with van der Waals surface area (Å²) in [6, 6.07) is 17.4. The molecular weight excluding hydrogens is 254 g/mol. The molecule has 112 valence electrons. The average molecular weight is 281 g/mol. The molecule has 1 aliphatic heterocycles. The summed E-state index contributed by atoms with van der Waals surface area (Å²) in [4.78, 5) is 2.49. The predicted molar refractivity (Wildman–Crippen MR) is 93.2 cm³/mol. The Morgan fingerprint density at radius 3 is 1.38 bits per heavy atom. The first-order chi connectivity index (χ1) is 10.1. The fraction of sp³-hybridized carbons (Fsp3) is 0.400. The molecule has 0 atom stereocenters. The van der Waals surface area contributed by atoms with Gasteiger partial charge in [-0.1, -0.05) is 53.1 Å². The van der Waals surface area contributed by atoms with Crippen molar-refractivity contribution in [2.45, 2.75) is 40.0 Å². The van der Waals surface area contributed by atoms with Crippen LogP contribution in [0.2, 0.25) is 0 Å². The number of aryl methyl sites for hydroxylation is 3. The third-order valence-corrected chi connectivity index (χ3v) is 3.97. The fourth-order valence-corrected chi connectivity index (χ4v) is 2.54. The SMILES string of the molecule is Cc1ccc(C)cc1.Cc1ccc(N2CCCCC2)cc1. The molecule has 0 amide bonds. The van der Waals surface area contributed by atoms with Crippen LogP contribution in [0, 0.1) is 20.8 Å². The van der Waals surface area contributed by atoms with Crippen LogP contribution in [0.15, 0.2) is 48.5 Å². The van der Waals surface area contributed by atoms with Crippen molar-refractivity contribution < 1.29 is 0 Å². The van der Waals surface area contributed by atoms with Gasteiger partial charge >= 0.3 is 0 Å². The van der Waals surface area contributed by atoms with E-state index in [2.05, 4.69) is 74.2 Å². The van der Waals surface area contributed by atoms with Gasteiger partial charge < -0.3 is 4.90 Å². The van der Waals surface area contributed by atoms with E-state index in [0.29, 0.717) is 0 Å². The van der Waals surface area contributed by atoms with Crippen LogP contribution in [0.3, 0.4) is 0 Å². The van der Waals surface area contributed by atoms with E-state index in [9.17, 15) is 0 Å². The summed E-state index contributed by atoms with van der Waals surface area (Å²) in [6.07, 6.45) is 4.12. The van der Waals surface area contributed by atoms with Gasteiger partial charge in [-0.2, -0.15) is 0 Å². The summed E-state index contributed by atoms with van der Waals surface area (Å²) >= 11 is 0. The Bertz CT molecular complexity index is 498. The molecule has 2 aromatic rings. The van der Waals surface area contributed by atoms with Gasteiger partial charge in [-0.05, 0) is 52.2 Å². The Hall–Kier alpha value is -1.76. The largest absolute Gasteiger partial charge is 0.372 e. The van der Waals surface area contributed by atoms with Crippen molar-refractivity contribution in [3.63, 3.8) is 0 Å². The highest BCUT2D eigenvalue weighted by atomic mass is 15.1. The van der Waals surface area contributed by atoms with Gasteiger partial charge in [0, 0.05) is 18.8 Å². The van der Waals surface area contributed by atoms with Crippen LogP contribution in [-0.4, -0.2) is 13.1 Å². The van der Waals surface area contributed by atoms with Crippen LogP contribution in [-0.2, 0) is 0 Å². The molecule has 0 unspecified atom stereocenters. The van der Waals surface area contributed by atoms with Gasteiger partial charge in [-0.25, -0.2) is 0 Å². The van der Waals surface area contributed by atoms with Crippen LogP contribution in [0.4, 0.5) is 5.69 Å². The van der Waals surface area contributed by atoms with Crippen LogP contribution >= 0.6 is 0 Å². The van der Waals surface area contributed by atoms with Crippen molar-refractivity contribution in [1.82, 2.24) is 0 Å². The number of hydrogen-bond acceptors (Lipinski definition) is 1. The van der Waals surface area contributed by atoms with Crippen molar-refractivity contribution in [3.05, 3.63) is 65.2 Å². The zero-order valence-corrected chi connectivity index (χ0v) is 13.6. The van der Waals surface area contributed by atoms with Crippen molar-refractivity contribution in [2.24, 2.45) is 0 Å². The zero-order valence-electron chi connectivity index (χ0n) is 13.6. The zero-order chi connectivity index (χ0) is 15.1. The molecule has 0 radical (unpaired) electrons. The number of hydrogen-bond donors (Lipinski definition) is 0. The van der Waals surface area contributed by atoms with Crippen LogP contribution in [0.5, 0.6) is 0 Å². The van der Waals surface area contributed by atoms with E-state index < -0.39 is 0 Å². The molecular formula is C20H27N. The molecule has 1 fully saturated rings. The van der Waals surface area contributed by atoms with E-state index in [1.165, 1.54) is 54.7 Å². The summed E-state index contributed by atoms with van der Waals surface area (Å²) in [5.74, 6) is 0. The van der Waals surface area contributed by atoms with E-state index >= 15 is 0 Å². The van der Waals surface area contributed by atoms with Gasteiger partial charge in [-0.3, -0.25) is 0 Å². The molecule has 0 spiro atoms. The second-order valence-corrected chi connectivity index (χ2v) is 6.04. The lowest BCUT2D eigenvalue weighted by Crippen LogP contribution is -2.29. The average Bonchev–Trinajstić information content (AvgIpc) is 2.52. The molecule has 0 aromatic heterocycles. The number of anilines is 1. The highest BCUT2D eigenvalue weighted by molar-refractivity contribution is 5.47. The Labute approximate surface area is 129 Å². The van der Waals surface area contributed by atoms with Crippen molar-refractivity contribution >= 4 is 5.69 Å². The highest BCUT2D eigenvalue weighted by Crippen LogP contribution is 2.19. The van der Waals surface area contributed by atoms with Crippen molar-refractivity contribution in [1.29, 1.82) is 0 Å². The van der Waals surface area contributed by atoms with E-state index in [0.717, 1.165) is 0 Å². The molecule has 2 aromatic carbocycles. The van der Waals surface area contributed by atoms with Gasteiger partial charge in [0.15, 0.2) is 0 Å². The predicted octanol–water partition coefficient (Wildman–Crippen LogP) is 5.29. The number of benzene rings is 2. The molecule has 0 aliphatic carbocycles. The first kappa shape index (κ1) is 15.6. The minimum absolute atomic E-state index is 1.24. The summed E-state index contributed by atoms with van der Waals surface area (Å²) in [5, 5.41) is 0. The normalized spacial score (nSPS) is 14.3. The van der Waals surface area contributed by atoms with Crippen LogP contribution < -0.4 is 4.90 Å². The summed E-state index contributed by atoms with van der Waals surface area (Å²) in [7, 11) is 0. The van der Waals surface area contributed by atoms with Gasteiger partial charge in [0.05, 0.1) is 0 Å². The lowest BCUT2D eigenvalue weighted by atomic mass is 10.1. The monoisotopic (exact) mass is 281 g/mol. The molecule has 1 saturated heterocycles. The summed E-state index contributed by atoms with van der Waals surface area (Å²) < 4.78 is 0. The Kier molecular flexibility index (Phi) is 5.86. The molecule has 0 bridgehead atoms. The van der Waals surface area contributed by atoms with E-state index in [4.69, 9.17) is 0 Å². The third kappa shape index (κ3) is 5.26. The number of rotatable bonds is 1. The molecule has 1 heterocycles. The maximum absolute atomic E-state index is 2.49.